The summed E-state index contributed by atoms with van der Waals surface area (Å²) in [4.78, 5) is 27.1. The number of rotatable bonds is 7. The quantitative estimate of drug-likeness (QED) is 0.525. The molecule has 1 fully saturated rings. The Morgan fingerprint density at radius 1 is 1.08 bits per heavy atom. The molecule has 2 N–H and O–H groups in total. The summed E-state index contributed by atoms with van der Waals surface area (Å²) in [5, 5.41) is 10.1. The fourth-order valence-electron chi connectivity index (χ4n) is 4.71. The molecule has 2 heterocycles. The van der Waals surface area contributed by atoms with Crippen molar-refractivity contribution in [2.45, 2.75) is 18.8 Å². The highest BCUT2D eigenvalue weighted by molar-refractivity contribution is 6.06. The van der Waals surface area contributed by atoms with E-state index >= 15 is 8.78 Å². The third-order valence-corrected chi connectivity index (χ3v) is 6.66. The van der Waals surface area contributed by atoms with Crippen molar-refractivity contribution >= 4 is 17.6 Å². The number of nitrogens with zero attached hydrogens (tertiary/aromatic N) is 2. The second-order valence-electron chi connectivity index (χ2n) is 8.94. The lowest BCUT2D eigenvalue weighted by Crippen LogP contribution is -2.40. The van der Waals surface area contributed by atoms with E-state index in [2.05, 4.69) is 0 Å². The molecule has 2 aliphatic rings. The van der Waals surface area contributed by atoms with E-state index in [-0.39, 0.29) is 35.2 Å². The van der Waals surface area contributed by atoms with Crippen molar-refractivity contribution in [1.29, 1.82) is 5.26 Å². The molecule has 11 heteroatoms. The predicted molar refractivity (Wildman–Crippen MR) is 135 cm³/mol. The number of nitriles is 1. The van der Waals surface area contributed by atoms with Crippen molar-refractivity contribution < 1.29 is 37.3 Å². The van der Waals surface area contributed by atoms with Crippen LogP contribution in [0.5, 0.6) is 5.75 Å². The number of benzene rings is 2. The van der Waals surface area contributed by atoms with Gasteiger partial charge in [-0.05, 0) is 24.3 Å². The summed E-state index contributed by atoms with van der Waals surface area (Å²) >= 11 is 0. The van der Waals surface area contributed by atoms with E-state index in [1.54, 1.807) is 30.3 Å². The number of halogens is 2. The van der Waals surface area contributed by atoms with Crippen LogP contribution in [0.25, 0.3) is 0 Å². The number of carbonyl (C=O) groups excluding carboxylic acids is 2. The van der Waals surface area contributed by atoms with E-state index in [4.69, 9.17) is 24.7 Å². The Hall–Kier alpha value is -4.43. The maximum atomic E-state index is 15.2. The van der Waals surface area contributed by atoms with Gasteiger partial charge in [0, 0.05) is 25.3 Å². The first kappa shape index (κ1) is 27.6. The Morgan fingerprint density at radius 2 is 1.69 bits per heavy atom. The molecule has 204 valence electrons. The van der Waals surface area contributed by atoms with Gasteiger partial charge in [-0.1, -0.05) is 30.3 Å². The molecular formula is C28H27F2N3O6. The summed E-state index contributed by atoms with van der Waals surface area (Å²) < 4.78 is 51.1. The molecule has 0 spiro atoms. The minimum Gasteiger partial charge on any atom is -0.487 e. The summed E-state index contributed by atoms with van der Waals surface area (Å²) in [5.74, 6) is -6.02. The summed E-state index contributed by atoms with van der Waals surface area (Å²) in [5.41, 5.74) is 5.73. The van der Waals surface area contributed by atoms with Crippen LogP contribution in [-0.2, 0) is 23.8 Å². The maximum Gasteiger partial charge on any atom is 0.355 e. The van der Waals surface area contributed by atoms with Gasteiger partial charge in [-0.25, -0.2) is 18.4 Å². The van der Waals surface area contributed by atoms with Crippen LogP contribution in [-0.4, -0.2) is 46.0 Å². The van der Waals surface area contributed by atoms with E-state index in [1.807, 2.05) is 6.07 Å². The van der Waals surface area contributed by atoms with Crippen LogP contribution in [0.15, 0.2) is 65.1 Å². The van der Waals surface area contributed by atoms with Crippen LogP contribution in [0.4, 0.5) is 14.5 Å². The Balaban J connectivity index is 1.85. The van der Waals surface area contributed by atoms with Gasteiger partial charge < -0.3 is 24.7 Å². The van der Waals surface area contributed by atoms with Crippen LogP contribution < -0.4 is 15.4 Å². The second kappa shape index (κ2) is 12.0. The molecule has 39 heavy (non-hydrogen) atoms. The Kier molecular flexibility index (Phi) is 8.46. The molecule has 0 amide bonds. The smallest absolute Gasteiger partial charge is 0.355 e. The average molecular weight is 540 g/mol. The van der Waals surface area contributed by atoms with Gasteiger partial charge in [0.05, 0.1) is 49.6 Å². The van der Waals surface area contributed by atoms with Gasteiger partial charge in [-0.3, -0.25) is 4.90 Å². The summed E-state index contributed by atoms with van der Waals surface area (Å²) in [6.45, 7) is 1.20. The lowest BCUT2D eigenvalue weighted by atomic mass is 9.81. The van der Waals surface area contributed by atoms with Crippen molar-refractivity contribution in [2.24, 2.45) is 11.7 Å². The molecule has 1 unspecified atom stereocenters. The standard InChI is InChI=1S/C28H27F2N3O6/c1-36-27(34)23-22(17-6-4-3-5-7-17)19(14-31)26(32)33(24(23)28(35)37-2)18-12-20(29)25(21(30)13-18)39-15-16-8-10-38-11-9-16/h3-7,12-13,16,22H,8-11,15,32H2,1-2H3. The highest BCUT2D eigenvalue weighted by Crippen LogP contribution is 2.44. The van der Waals surface area contributed by atoms with E-state index in [9.17, 15) is 14.9 Å². The number of esters is 2. The van der Waals surface area contributed by atoms with Crippen LogP contribution in [0.3, 0.4) is 0 Å². The number of carbonyl (C=O) groups is 2. The zero-order valence-electron chi connectivity index (χ0n) is 21.4. The minimum absolute atomic E-state index is 0.0856. The number of ether oxygens (including phenoxy) is 4. The van der Waals surface area contributed by atoms with Crippen LogP contribution >= 0.6 is 0 Å². The van der Waals surface area contributed by atoms with Gasteiger partial charge in [0.25, 0.3) is 0 Å². The van der Waals surface area contributed by atoms with Crippen molar-refractivity contribution in [2.75, 3.05) is 38.9 Å². The van der Waals surface area contributed by atoms with Gasteiger partial charge in [0.15, 0.2) is 17.4 Å². The third-order valence-electron chi connectivity index (χ3n) is 6.66. The number of nitrogens with two attached hydrogens (primary N) is 1. The van der Waals surface area contributed by atoms with Gasteiger partial charge >= 0.3 is 11.9 Å². The van der Waals surface area contributed by atoms with Crippen molar-refractivity contribution in [3.63, 3.8) is 0 Å². The molecule has 4 rings (SSSR count). The summed E-state index contributed by atoms with van der Waals surface area (Å²) in [6, 6.07) is 12.2. The molecule has 2 aromatic carbocycles. The fraction of sp³-hybridized carbons (Fsp3) is 0.321. The first-order valence-corrected chi connectivity index (χ1v) is 12.2. The highest BCUT2D eigenvalue weighted by atomic mass is 19.1. The second-order valence-corrected chi connectivity index (χ2v) is 8.94. The van der Waals surface area contributed by atoms with Crippen molar-refractivity contribution in [1.82, 2.24) is 0 Å². The Labute approximate surface area is 224 Å². The monoisotopic (exact) mass is 539 g/mol. The van der Waals surface area contributed by atoms with Crippen molar-refractivity contribution in [3.8, 4) is 11.8 Å². The topological polar surface area (TPSA) is 124 Å². The molecule has 0 saturated carbocycles. The molecule has 0 aromatic heterocycles. The number of anilines is 1. The van der Waals surface area contributed by atoms with Gasteiger partial charge in [-0.15, -0.1) is 0 Å². The van der Waals surface area contributed by atoms with Crippen molar-refractivity contribution in [3.05, 3.63) is 82.3 Å². The van der Waals surface area contributed by atoms with E-state index in [1.165, 1.54) is 0 Å². The molecular weight excluding hydrogens is 512 g/mol. The van der Waals surface area contributed by atoms with Crippen LogP contribution in [0, 0.1) is 28.9 Å². The minimum atomic E-state index is -1.11. The number of methoxy groups -OCH3 is 2. The lowest BCUT2D eigenvalue weighted by Gasteiger charge is -2.36. The summed E-state index contributed by atoms with van der Waals surface area (Å²) in [6.07, 6.45) is 1.42. The fourth-order valence-corrected chi connectivity index (χ4v) is 4.71. The van der Waals surface area contributed by atoms with E-state index in [0.29, 0.717) is 31.6 Å². The largest absolute Gasteiger partial charge is 0.487 e. The van der Waals surface area contributed by atoms with Crippen LogP contribution in [0.1, 0.15) is 24.3 Å². The number of hydrogen-bond acceptors (Lipinski definition) is 9. The molecule has 2 aromatic rings. The third kappa shape index (κ3) is 5.42. The molecule has 9 nitrogen and oxygen atoms in total. The number of hydrogen-bond donors (Lipinski definition) is 1. The first-order valence-electron chi connectivity index (χ1n) is 12.2. The zero-order valence-corrected chi connectivity index (χ0v) is 21.4. The maximum absolute atomic E-state index is 15.2. The molecule has 0 aliphatic carbocycles. The van der Waals surface area contributed by atoms with Gasteiger partial charge in [0.1, 0.15) is 11.5 Å². The number of allylic oxidation sites excluding steroid dienone is 1. The zero-order chi connectivity index (χ0) is 28.1. The molecule has 0 bridgehead atoms. The molecule has 1 atom stereocenters. The Morgan fingerprint density at radius 3 is 2.26 bits per heavy atom. The van der Waals surface area contributed by atoms with E-state index < -0.39 is 40.9 Å². The predicted octanol–water partition coefficient (Wildman–Crippen LogP) is 3.67. The Bertz CT molecular complexity index is 1340. The van der Waals surface area contributed by atoms with E-state index in [0.717, 1.165) is 31.3 Å². The summed E-state index contributed by atoms with van der Waals surface area (Å²) in [7, 11) is 2.18. The lowest BCUT2D eigenvalue weighted by molar-refractivity contribution is -0.139. The SMILES string of the molecule is COC(=O)C1=C(C(=O)OC)N(c2cc(F)c(OCC3CCOCC3)c(F)c2)C(N)=C(C#N)C1c1ccccc1. The van der Waals surface area contributed by atoms with Crippen LogP contribution in [0.2, 0.25) is 0 Å². The van der Waals surface area contributed by atoms with Gasteiger partial charge in [0.2, 0.25) is 0 Å². The van der Waals surface area contributed by atoms with Gasteiger partial charge in [-0.2, -0.15) is 5.26 Å². The normalized spacial score (nSPS) is 18.0. The molecule has 0 radical (unpaired) electrons. The molecule has 2 aliphatic heterocycles. The molecule has 1 saturated heterocycles. The first-order chi connectivity index (χ1) is 18.8. The average Bonchev–Trinajstić information content (AvgIpc) is 2.96. The highest BCUT2D eigenvalue weighted by Gasteiger charge is 2.43.